The molecule has 0 spiro atoms. The molecule has 0 aromatic carbocycles. The average molecular weight is 630 g/mol. The van der Waals surface area contributed by atoms with Crippen LogP contribution in [-0.2, 0) is 0 Å². The van der Waals surface area contributed by atoms with Crippen molar-refractivity contribution in [2.75, 3.05) is 52.9 Å². The Morgan fingerprint density at radius 3 is 0.474 bits per heavy atom. The van der Waals surface area contributed by atoms with E-state index in [9.17, 15) is 0 Å². The van der Waals surface area contributed by atoms with E-state index in [1.165, 1.54) is 0 Å². The molecule has 0 saturated heterocycles. The van der Waals surface area contributed by atoms with Crippen LogP contribution in [0.1, 0.15) is 0 Å². The van der Waals surface area contributed by atoms with E-state index in [1.54, 1.807) is 0 Å². The van der Waals surface area contributed by atoms with Crippen LogP contribution >= 0.6 is 37.4 Å². The van der Waals surface area contributed by atoms with Gasteiger partial charge in [0.15, 0.2) is 0 Å². The normalized spacial score (nSPS) is 7.26. The zero-order valence-corrected chi connectivity index (χ0v) is 17.0. The predicted molar refractivity (Wildman–Crippen MR) is 90.5 cm³/mol. The second kappa shape index (κ2) is 59.8. The largest absolute Gasteiger partial charge is 0.394 e. The Kier molecular flexibility index (Phi) is 103. The minimum Gasteiger partial charge on any atom is -0.394 e. The summed E-state index contributed by atoms with van der Waals surface area (Å²) in [5.41, 5.74) is 0. The van der Waals surface area contributed by atoms with Crippen molar-refractivity contribution in [3.63, 3.8) is 0 Å². The molecule has 0 aliphatic carbocycles. The van der Waals surface area contributed by atoms with Gasteiger partial charge in [-0.05, 0) is 0 Å². The first-order valence-electron chi connectivity index (χ1n) is 4.84. The van der Waals surface area contributed by atoms with E-state index in [0.29, 0.717) is 13.0 Å². The van der Waals surface area contributed by atoms with Gasteiger partial charge in [0.25, 0.3) is 0 Å². The number of hydrogen-bond acceptors (Lipinski definition) is 8. The molecule has 0 aromatic heterocycles. The van der Waals surface area contributed by atoms with E-state index >= 15 is 0 Å². The third-order valence-corrected chi connectivity index (χ3v) is 0.400. The Bertz CT molecular complexity index is 63.8. The molecule has 124 valence electrons. The van der Waals surface area contributed by atoms with Crippen molar-refractivity contribution in [1.29, 1.82) is 0 Å². The number of halogens is 2. The Morgan fingerprint density at radius 1 is 0.421 bits per heavy atom. The fourth-order valence-electron chi connectivity index (χ4n) is 0. The standard InChI is InChI=1S/4C2H6O2.I2Te/c4*3-1-2-4;1-3-2/h4*3-4H,1-2H2;. The molecule has 8 N–H and O–H groups in total. The fraction of sp³-hybridized carbons (Fsp3) is 1.00. The van der Waals surface area contributed by atoms with Gasteiger partial charge in [0.05, 0.1) is 52.9 Å². The maximum absolute atomic E-state index is 7.62. The minimum absolute atomic E-state index is 0.125. The van der Waals surface area contributed by atoms with Crippen LogP contribution in [0, 0.1) is 0 Å². The summed E-state index contributed by atoms with van der Waals surface area (Å²) in [6, 6.07) is 0. The summed E-state index contributed by atoms with van der Waals surface area (Å²) in [4.78, 5) is 0. The molecule has 0 bridgehead atoms. The third kappa shape index (κ3) is 182. The predicted octanol–water partition coefficient (Wildman–Crippen LogP) is -2.73. The molecule has 0 saturated carbocycles. The van der Waals surface area contributed by atoms with Crippen molar-refractivity contribution in [3.8, 4) is 0 Å². The number of aliphatic hydroxyl groups excluding tert-OH is 8. The second-order valence-electron chi connectivity index (χ2n) is 1.85. The summed E-state index contributed by atoms with van der Waals surface area (Å²) in [5.74, 6) is 0. The molecule has 0 aliphatic heterocycles. The first-order chi connectivity index (χ1) is 9.07. The summed E-state index contributed by atoms with van der Waals surface area (Å²) in [6.07, 6.45) is 0. The molecule has 0 unspecified atom stereocenters. The van der Waals surface area contributed by atoms with Crippen molar-refractivity contribution in [3.05, 3.63) is 0 Å². The molecule has 0 radical (unpaired) electrons. The van der Waals surface area contributed by atoms with Gasteiger partial charge in [-0.1, -0.05) is 0 Å². The zero-order chi connectivity index (χ0) is 16.4. The first-order valence-corrected chi connectivity index (χ1v) is 18.4. The SMILES string of the molecule is I[Te]I.OCCO.OCCO.OCCO.OCCO. The van der Waals surface area contributed by atoms with Crippen LogP contribution in [0.2, 0.25) is 0 Å². The first kappa shape index (κ1) is 32.8. The van der Waals surface area contributed by atoms with Gasteiger partial charge in [-0.25, -0.2) is 0 Å². The maximum atomic E-state index is 7.62. The van der Waals surface area contributed by atoms with Crippen LogP contribution in [0.25, 0.3) is 0 Å². The van der Waals surface area contributed by atoms with Gasteiger partial charge >= 0.3 is 50.4 Å². The molecule has 0 aliphatic rings. The zero-order valence-electron chi connectivity index (χ0n) is 10.4. The van der Waals surface area contributed by atoms with Crippen molar-refractivity contribution in [2.45, 2.75) is 0 Å². The molecule has 0 fully saturated rings. The van der Waals surface area contributed by atoms with Gasteiger partial charge in [-0.15, -0.1) is 0 Å². The van der Waals surface area contributed by atoms with Gasteiger partial charge in [0, 0.05) is 0 Å². The van der Waals surface area contributed by atoms with Crippen molar-refractivity contribution in [2.24, 2.45) is 0 Å². The molecular weight excluding hydrogens is 605 g/mol. The van der Waals surface area contributed by atoms with Crippen LogP contribution in [0.5, 0.6) is 0 Å². The van der Waals surface area contributed by atoms with E-state index in [-0.39, 0.29) is 52.9 Å². The Balaban J connectivity index is -0.0000000432. The van der Waals surface area contributed by atoms with Gasteiger partial charge in [-0.2, -0.15) is 0 Å². The van der Waals surface area contributed by atoms with Gasteiger partial charge in [0.1, 0.15) is 0 Å². The Hall–Kier alpha value is 1.93. The van der Waals surface area contributed by atoms with Gasteiger partial charge in [0.2, 0.25) is 0 Å². The van der Waals surface area contributed by atoms with Crippen molar-refractivity contribution in [1.82, 2.24) is 0 Å². The molecule has 8 nitrogen and oxygen atoms in total. The quantitative estimate of drug-likeness (QED) is 0.123. The van der Waals surface area contributed by atoms with E-state index in [1.807, 2.05) is 0 Å². The third-order valence-electron chi connectivity index (χ3n) is 0.400. The molecule has 0 amide bonds. The van der Waals surface area contributed by atoms with Gasteiger partial charge in [-0.3, -0.25) is 0 Å². The minimum atomic E-state index is -0.125. The van der Waals surface area contributed by atoms with Crippen LogP contribution in [0.3, 0.4) is 0 Å². The summed E-state index contributed by atoms with van der Waals surface area (Å²) in [5, 5.41) is 61.0. The number of rotatable bonds is 4. The number of aliphatic hydroxyl groups is 8. The molecule has 0 atom stereocenters. The average Bonchev–Trinajstić information content (AvgIpc) is 2.48. The van der Waals surface area contributed by atoms with E-state index in [4.69, 9.17) is 40.9 Å². The Labute approximate surface area is 143 Å². The van der Waals surface area contributed by atoms with Crippen molar-refractivity contribution >= 4 is 50.4 Å². The molecule has 19 heavy (non-hydrogen) atoms. The summed E-state index contributed by atoms with van der Waals surface area (Å²) < 4.78 is 0. The van der Waals surface area contributed by atoms with Crippen LogP contribution in [-0.4, -0.2) is 107 Å². The molecule has 0 aromatic rings. The fourth-order valence-corrected chi connectivity index (χ4v) is 0. The van der Waals surface area contributed by atoms with E-state index < -0.39 is 0 Å². The number of hydrogen-bond donors (Lipinski definition) is 8. The molecule has 0 heterocycles. The maximum Gasteiger partial charge on any atom is 0.0662 e. The van der Waals surface area contributed by atoms with Crippen LogP contribution in [0.4, 0.5) is 0 Å². The monoisotopic (exact) mass is 632 g/mol. The smallest absolute Gasteiger partial charge is 0.0662 e. The molecule has 11 heteroatoms. The summed E-state index contributed by atoms with van der Waals surface area (Å²) in [6.45, 7) is -1.00. The second-order valence-corrected chi connectivity index (χ2v) is 19.4. The van der Waals surface area contributed by atoms with Crippen LogP contribution in [0.15, 0.2) is 0 Å². The van der Waals surface area contributed by atoms with Crippen molar-refractivity contribution < 1.29 is 40.9 Å². The van der Waals surface area contributed by atoms with E-state index in [2.05, 4.69) is 37.4 Å². The molecule has 0 rings (SSSR count). The summed E-state index contributed by atoms with van der Waals surface area (Å²) in [7, 11) is 0. The van der Waals surface area contributed by atoms with Crippen LogP contribution < -0.4 is 0 Å². The molecular formula is C8H24I2O8Te. The topological polar surface area (TPSA) is 162 Å². The van der Waals surface area contributed by atoms with E-state index in [0.717, 1.165) is 0 Å². The van der Waals surface area contributed by atoms with Gasteiger partial charge < -0.3 is 40.9 Å². The summed E-state index contributed by atoms with van der Waals surface area (Å²) >= 11 is 5.22. The Morgan fingerprint density at radius 2 is 0.474 bits per heavy atom.